The van der Waals surface area contributed by atoms with Crippen molar-refractivity contribution >= 4 is 10.0 Å². The minimum Gasteiger partial charge on any atom is -0.325 e. The molecule has 1 aliphatic heterocycles. The van der Waals surface area contributed by atoms with Crippen LogP contribution in [0.1, 0.15) is 32.4 Å². The van der Waals surface area contributed by atoms with Crippen molar-refractivity contribution in [1.82, 2.24) is 9.29 Å². The van der Waals surface area contributed by atoms with Gasteiger partial charge in [0.2, 0.25) is 10.0 Å². The normalized spacial score (nSPS) is 21.2. The maximum absolute atomic E-state index is 12.6. The van der Waals surface area contributed by atoms with E-state index in [-0.39, 0.29) is 10.9 Å². The first kappa shape index (κ1) is 14.4. The lowest BCUT2D eigenvalue weighted by atomic mass is 10.0. The Bertz CT molecular complexity index is 525. The molecule has 1 atom stereocenters. The molecular formula is C13H21N3O2S. The van der Waals surface area contributed by atoms with Gasteiger partial charge in [0, 0.05) is 25.3 Å². The van der Waals surface area contributed by atoms with Crippen LogP contribution in [-0.2, 0) is 16.6 Å². The minimum absolute atomic E-state index is 0.0965. The van der Waals surface area contributed by atoms with E-state index in [9.17, 15) is 8.42 Å². The second kappa shape index (κ2) is 5.56. The Morgan fingerprint density at radius 1 is 1.47 bits per heavy atom. The third-order valence-electron chi connectivity index (χ3n) is 3.63. The molecule has 0 saturated carbocycles. The molecule has 0 spiro atoms. The van der Waals surface area contributed by atoms with Gasteiger partial charge in [0.1, 0.15) is 4.90 Å². The SMILES string of the molecule is CC(C)C1CCCN1S(=O)(=O)c1ccc(CN)nc1. The van der Waals surface area contributed by atoms with Gasteiger partial charge in [0.05, 0.1) is 5.69 Å². The van der Waals surface area contributed by atoms with E-state index < -0.39 is 10.0 Å². The van der Waals surface area contributed by atoms with Crippen LogP contribution in [0.25, 0.3) is 0 Å². The van der Waals surface area contributed by atoms with Crippen LogP contribution in [0, 0.1) is 5.92 Å². The average molecular weight is 283 g/mol. The van der Waals surface area contributed by atoms with Gasteiger partial charge < -0.3 is 5.73 Å². The smallest absolute Gasteiger partial charge is 0.244 e. The topological polar surface area (TPSA) is 76.3 Å². The fourth-order valence-corrected chi connectivity index (χ4v) is 4.32. The van der Waals surface area contributed by atoms with Gasteiger partial charge in [-0.3, -0.25) is 4.98 Å². The molecule has 106 valence electrons. The van der Waals surface area contributed by atoms with E-state index in [1.54, 1.807) is 16.4 Å². The van der Waals surface area contributed by atoms with Gasteiger partial charge in [-0.05, 0) is 30.9 Å². The molecule has 6 heteroatoms. The summed E-state index contributed by atoms with van der Waals surface area (Å²) in [4.78, 5) is 4.34. The molecule has 1 aromatic heterocycles. The Kier molecular flexibility index (Phi) is 4.23. The molecule has 19 heavy (non-hydrogen) atoms. The van der Waals surface area contributed by atoms with Crippen LogP contribution in [0.5, 0.6) is 0 Å². The molecule has 0 amide bonds. The van der Waals surface area contributed by atoms with Crippen molar-refractivity contribution in [2.45, 2.75) is 44.2 Å². The molecular weight excluding hydrogens is 262 g/mol. The highest BCUT2D eigenvalue weighted by Gasteiger charge is 2.36. The van der Waals surface area contributed by atoms with E-state index in [0.29, 0.717) is 24.7 Å². The number of nitrogens with zero attached hydrogens (tertiary/aromatic N) is 2. The third kappa shape index (κ3) is 2.80. The zero-order chi connectivity index (χ0) is 14.0. The maximum atomic E-state index is 12.6. The van der Waals surface area contributed by atoms with Crippen LogP contribution < -0.4 is 5.73 Å². The number of hydrogen-bond acceptors (Lipinski definition) is 4. The molecule has 1 unspecified atom stereocenters. The summed E-state index contributed by atoms with van der Waals surface area (Å²) in [5.41, 5.74) is 6.17. The average Bonchev–Trinajstić information content (AvgIpc) is 2.89. The number of nitrogens with two attached hydrogens (primary N) is 1. The van der Waals surface area contributed by atoms with Crippen molar-refractivity contribution in [3.05, 3.63) is 24.0 Å². The van der Waals surface area contributed by atoms with Crippen LogP contribution in [0.2, 0.25) is 0 Å². The van der Waals surface area contributed by atoms with Gasteiger partial charge in [0.15, 0.2) is 0 Å². The summed E-state index contributed by atoms with van der Waals surface area (Å²) in [5.74, 6) is 0.327. The summed E-state index contributed by atoms with van der Waals surface area (Å²) in [6, 6.07) is 3.37. The fraction of sp³-hybridized carbons (Fsp3) is 0.615. The Balaban J connectivity index is 2.30. The van der Waals surface area contributed by atoms with Crippen LogP contribution >= 0.6 is 0 Å². The highest BCUT2D eigenvalue weighted by atomic mass is 32.2. The molecule has 1 aliphatic rings. The first-order valence-electron chi connectivity index (χ1n) is 6.63. The molecule has 1 fully saturated rings. The van der Waals surface area contributed by atoms with Crippen LogP contribution in [0.4, 0.5) is 0 Å². The van der Waals surface area contributed by atoms with Gasteiger partial charge >= 0.3 is 0 Å². The molecule has 2 heterocycles. The molecule has 1 aromatic rings. The van der Waals surface area contributed by atoms with Gasteiger partial charge in [-0.15, -0.1) is 0 Å². The summed E-state index contributed by atoms with van der Waals surface area (Å²) in [6.45, 7) is 5.05. The Morgan fingerprint density at radius 3 is 2.74 bits per heavy atom. The van der Waals surface area contributed by atoms with Crippen LogP contribution in [0.15, 0.2) is 23.2 Å². The zero-order valence-corrected chi connectivity index (χ0v) is 12.2. The van der Waals surface area contributed by atoms with Crippen LogP contribution in [-0.4, -0.2) is 30.3 Å². The molecule has 5 nitrogen and oxygen atoms in total. The van der Waals surface area contributed by atoms with Gasteiger partial charge in [-0.2, -0.15) is 4.31 Å². The monoisotopic (exact) mass is 283 g/mol. The maximum Gasteiger partial charge on any atom is 0.244 e. The molecule has 0 bridgehead atoms. The zero-order valence-electron chi connectivity index (χ0n) is 11.4. The van der Waals surface area contributed by atoms with Crippen molar-refractivity contribution < 1.29 is 8.42 Å². The molecule has 2 rings (SSSR count). The highest BCUT2D eigenvalue weighted by molar-refractivity contribution is 7.89. The summed E-state index contributed by atoms with van der Waals surface area (Å²) >= 11 is 0. The van der Waals surface area contributed by atoms with Crippen molar-refractivity contribution in [2.24, 2.45) is 11.7 Å². The van der Waals surface area contributed by atoms with E-state index >= 15 is 0 Å². The van der Waals surface area contributed by atoms with Crippen molar-refractivity contribution in [1.29, 1.82) is 0 Å². The van der Waals surface area contributed by atoms with Crippen molar-refractivity contribution in [2.75, 3.05) is 6.54 Å². The van der Waals surface area contributed by atoms with E-state index in [0.717, 1.165) is 12.8 Å². The van der Waals surface area contributed by atoms with E-state index in [4.69, 9.17) is 5.73 Å². The first-order chi connectivity index (χ1) is 8.96. The predicted molar refractivity (Wildman–Crippen MR) is 73.9 cm³/mol. The standard InChI is InChI=1S/C13H21N3O2S/c1-10(2)13-4-3-7-16(13)19(17,18)12-6-5-11(8-14)15-9-12/h5-6,9-10,13H,3-4,7-8,14H2,1-2H3. The first-order valence-corrected chi connectivity index (χ1v) is 8.07. The van der Waals surface area contributed by atoms with E-state index in [1.165, 1.54) is 6.20 Å². The van der Waals surface area contributed by atoms with Crippen molar-refractivity contribution in [3.63, 3.8) is 0 Å². The quantitative estimate of drug-likeness (QED) is 0.905. The van der Waals surface area contributed by atoms with Gasteiger partial charge in [-0.1, -0.05) is 13.8 Å². The second-order valence-corrected chi connectivity index (χ2v) is 7.15. The molecule has 0 aromatic carbocycles. The van der Waals surface area contributed by atoms with Gasteiger partial charge in [0.25, 0.3) is 0 Å². The largest absolute Gasteiger partial charge is 0.325 e. The molecule has 1 saturated heterocycles. The Hall–Kier alpha value is -0.980. The lowest BCUT2D eigenvalue weighted by Gasteiger charge is -2.26. The summed E-state index contributed by atoms with van der Waals surface area (Å²) in [7, 11) is -3.43. The number of pyridine rings is 1. The van der Waals surface area contributed by atoms with Crippen molar-refractivity contribution in [3.8, 4) is 0 Å². The summed E-state index contributed by atoms with van der Waals surface area (Å²) in [6.07, 6.45) is 3.27. The fourth-order valence-electron chi connectivity index (χ4n) is 2.55. The Labute approximate surface area is 114 Å². The lowest BCUT2D eigenvalue weighted by Crippen LogP contribution is -2.38. The van der Waals surface area contributed by atoms with Gasteiger partial charge in [-0.25, -0.2) is 8.42 Å². The summed E-state index contributed by atoms with van der Waals surface area (Å²) in [5, 5.41) is 0. The molecule has 2 N–H and O–H groups in total. The molecule has 0 radical (unpaired) electrons. The van der Waals surface area contributed by atoms with Crippen LogP contribution in [0.3, 0.4) is 0 Å². The number of rotatable bonds is 4. The lowest BCUT2D eigenvalue weighted by molar-refractivity contribution is 0.315. The second-order valence-electron chi connectivity index (χ2n) is 5.26. The summed E-state index contributed by atoms with van der Waals surface area (Å²) < 4.78 is 26.8. The Morgan fingerprint density at radius 2 is 2.21 bits per heavy atom. The number of hydrogen-bond donors (Lipinski definition) is 1. The number of sulfonamides is 1. The predicted octanol–water partition coefficient (Wildman–Crippen LogP) is 1.35. The highest BCUT2D eigenvalue weighted by Crippen LogP contribution is 2.29. The molecule has 0 aliphatic carbocycles. The number of aromatic nitrogens is 1. The van der Waals surface area contributed by atoms with E-state index in [2.05, 4.69) is 18.8 Å². The third-order valence-corrected chi connectivity index (χ3v) is 5.54. The minimum atomic E-state index is -3.43. The van der Waals surface area contributed by atoms with E-state index in [1.807, 2.05) is 0 Å².